The van der Waals surface area contributed by atoms with Crippen LogP contribution in [0.4, 0.5) is 0 Å². The third-order valence-electron chi connectivity index (χ3n) is 3.80. The number of H-pyrrole nitrogens is 1. The van der Waals surface area contributed by atoms with E-state index in [2.05, 4.69) is 67.4 Å². The number of rotatable bonds is 7. The van der Waals surface area contributed by atoms with Gasteiger partial charge >= 0.3 is 0 Å². The first kappa shape index (κ1) is 15.1. The Labute approximate surface area is 122 Å². The van der Waals surface area contributed by atoms with Gasteiger partial charge in [-0.2, -0.15) is 0 Å². The maximum absolute atomic E-state index is 3.59. The molecule has 1 heterocycles. The highest BCUT2D eigenvalue weighted by atomic mass is 15.1. The van der Waals surface area contributed by atoms with Crippen LogP contribution < -0.4 is 5.32 Å². The first-order valence-electron chi connectivity index (χ1n) is 7.49. The second-order valence-corrected chi connectivity index (χ2v) is 6.28. The van der Waals surface area contributed by atoms with Crippen LogP contribution in [0, 0.1) is 5.92 Å². The van der Waals surface area contributed by atoms with Gasteiger partial charge in [0.15, 0.2) is 0 Å². The Kier molecular flexibility index (Phi) is 5.21. The van der Waals surface area contributed by atoms with Gasteiger partial charge in [0.25, 0.3) is 0 Å². The molecule has 0 radical (unpaired) electrons. The Balaban J connectivity index is 1.87. The summed E-state index contributed by atoms with van der Waals surface area (Å²) in [6.45, 7) is 6.55. The van der Waals surface area contributed by atoms with Gasteiger partial charge in [0.05, 0.1) is 0 Å². The summed E-state index contributed by atoms with van der Waals surface area (Å²) >= 11 is 0. The molecule has 0 saturated heterocycles. The third kappa shape index (κ3) is 4.09. The van der Waals surface area contributed by atoms with Crippen molar-refractivity contribution in [2.24, 2.45) is 5.92 Å². The zero-order valence-corrected chi connectivity index (χ0v) is 13.1. The lowest BCUT2D eigenvalue weighted by Crippen LogP contribution is -2.38. The number of nitrogens with zero attached hydrogens (tertiary/aromatic N) is 1. The predicted molar refractivity (Wildman–Crippen MR) is 86.9 cm³/mol. The zero-order valence-electron chi connectivity index (χ0n) is 13.1. The van der Waals surface area contributed by atoms with Crippen LogP contribution in [-0.4, -0.2) is 36.6 Å². The summed E-state index contributed by atoms with van der Waals surface area (Å²) < 4.78 is 0. The van der Waals surface area contributed by atoms with Crippen molar-refractivity contribution in [3.8, 4) is 0 Å². The highest BCUT2D eigenvalue weighted by molar-refractivity contribution is 5.79. The topological polar surface area (TPSA) is 31.1 Å². The van der Waals surface area contributed by atoms with Crippen LogP contribution in [0.3, 0.4) is 0 Å². The molecule has 1 aromatic carbocycles. The minimum atomic E-state index is 0.603. The quantitative estimate of drug-likeness (QED) is 0.811. The summed E-state index contributed by atoms with van der Waals surface area (Å²) in [7, 11) is 4.33. The van der Waals surface area contributed by atoms with Gasteiger partial charge in [-0.25, -0.2) is 0 Å². The molecule has 1 atom stereocenters. The van der Waals surface area contributed by atoms with E-state index in [9.17, 15) is 0 Å². The Morgan fingerprint density at radius 1 is 1.20 bits per heavy atom. The average molecular weight is 273 g/mol. The minimum absolute atomic E-state index is 0.603. The van der Waals surface area contributed by atoms with Crippen LogP contribution in [0.25, 0.3) is 10.9 Å². The number of aromatic nitrogens is 1. The lowest BCUT2D eigenvalue weighted by Gasteiger charge is -2.26. The van der Waals surface area contributed by atoms with Crippen molar-refractivity contribution < 1.29 is 0 Å². The van der Waals surface area contributed by atoms with Gasteiger partial charge in [-0.1, -0.05) is 19.9 Å². The van der Waals surface area contributed by atoms with E-state index in [-0.39, 0.29) is 0 Å². The van der Waals surface area contributed by atoms with Crippen molar-refractivity contribution in [1.82, 2.24) is 15.2 Å². The SMILES string of the molecule is CC(C)CC(CNCc1ccc2[nH]ccc2c1)N(C)C. The number of fused-ring (bicyclic) bond motifs is 1. The van der Waals surface area contributed by atoms with Gasteiger partial charge in [0.2, 0.25) is 0 Å². The summed E-state index contributed by atoms with van der Waals surface area (Å²) in [4.78, 5) is 5.55. The molecule has 2 rings (SSSR count). The van der Waals surface area contributed by atoms with Crippen molar-refractivity contribution in [2.75, 3.05) is 20.6 Å². The highest BCUT2D eigenvalue weighted by Crippen LogP contribution is 2.14. The van der Waals surface area contributed by atoms with Crippen molar-refractivity contribution in [1.29, 1.82) is 0 Å². The molecular weight excluding hydrogens is 246 g/mol. The normalized spacial score (nSPS) is 13.5. The highest BCUT2D eigenvalue weighted by Gasteiger charge is 2.12. The Hall–Kier alpha value is -1.32. The van der Waals surface area contributed by atoms with Crippen LogP contribution in [0.15, 0.2) is 30.5 Å². The summed E-state index contributed by atoms with van der Waals surface area (Å²) in [5.41, 5.74) is 2.55. The van der Waals surface area contributed by atoms with Gasteiger partial charge in [0.1, 0.15) is 0 Å². The number of likely N-dealkylation sites (N-methyl/N-ethyl adjacent to an activating group) is 1. The molecule has 3 nitrogen and oxygen atoms in total. The van der Waals surface area contributed by atoms with E-state index < -0.39 is 0 Å². The fourth-order valence-corrected chi connectivity index (χ4v) is 2.62. The first-order valence-corrected chi connectivity index (χ1v) is 7.49. The molecule has 2 aromatic rings. The summed E-state index contributed by atoms with van der Waals surface area (Å²) in [6, 6.07) is 9.33. The maximum atomic E-state index is 3.59. The molecule has 1 aromatic heterocycles. The Bertz CT molecular complexity index is 528. The van der Waals surface area contributed by atoms with Crippen molar-refractivity contribution in [2.45, 2.75) is 32.9 Å². The molecule has 0 fully saturated rings. The van der Waals surface area contributed by atoms with E-state index in [4.69, 9.17) is 0 Å². The van der Waals surface area contributed by atoms with E-state index in [1.807, 2.05) is 6.20 Å². The van der Waals surface area contributed by atoms with Crippen LogP contribution in [0.5, 0.6) is 0 Å². The van der Waals surface area contributed by atoms with Gasteiger partial charge in [-0.05, 0) is 55.6 Å². The molecule has 0 aliphatic carbocycles. The van der Waals surface area contributed by atoms with Crippen LogP contribution in [-0.2, 0) is 6.54 Å². The molecule has 0 aliphatic heterocycles. The van der Waals surface area contributed by atoms with Crippen LogP contribution in [0.2, 0.25) is 0 Å². The van der Waals surface area contributed by atoms with E-state index in [0.29, 0.717) is 6.04 Å². The second-order valence-electron chi connectivity index (χ2n) is 6.28. The fourth-order valence-electron chi connectivity index (χ4n) is 2.62. The average Bonchev–Trinajstić information content (AvgIpc) is 2.84. The van der Waals surface area contributed by atoms with Crippen molar-refractivity contribution in [3.05, 3.63) is 36.0 Å². The van der Waals surface area contributed by atoms with Crippen LogP contribution in [0.1, 0.15) is 25.8 Å². The molecule has 1 unspecified atom stereocenters. The summed E-state index contributed by atoms with van der Waals surface area (Å²) in [5, 5.41) is 4.88. The molecule has 0 amide bonds. The van der Waals surface area contributed by atoms with Crippen molar-refractivity contribution >= 4 is 10.9 Å². The number of nitrogens with one attached hydrogen (secondary N) is 2. The zero-order chi connectivity index (χ0) is 14.5. The minimum Gasteiger partial charge on any atom is -0.361 e. The molecule has 0 bridgehead atoms. The molecule has 0 aliphatic rings. The molecule has 110 valence electrons. The number of aromatic amines is 1. The largest absolute Gasteiger partial charge is 0.361 e. The van der Waals surface area contributed by atoms with Crippen LogP contribution >= 0.6 is 0 Å². The lowest BCUT2D eigenvalue weighted by atomic mass is 10.0. The molecule has 2 N–H and O–H groups in total. The van der Waals surface area contributed by atoms with E-state index in [1.165, 1.54) is 22.9 Å². The number of hydrogen-bond acceptors (Lipinski definition) is 2. The fraction of sp³-hybridized carbons (Fsp3) is 0.529. The van der Waals surface area contributed by atoms with Gasteiger partial charge in [-0.15, -0.1) is 0 Å². The number of benzene rings is 1. The van der Waals surface area contributed by atoms with E-state index >= 15 is 0 Å². The Morgan fingerprint density at radius 3 is 2.70 bits per heavy atom. The predicted octanol–water partition coefficient (Wildman–Crippen LogP) is 3.23. The lowest BCUT2D eigenvalue weighted by molar-refractivity contribution is 0.246. The molecule has 0 spiro atoms. The molecule has 20 heavy (non-hydrogen) atoms. The van der Waals surface area contributed by atoms with E-state index in [0.717, 1.165) is 19.0 Å². The van der Waals surface area contributed by atoms with E-state index in [1.54, 1.807) is 0 Å². The number of hydrogen-bond donors (Lipinski definition) is 2. The Morgan fingerprint density at radius 2 is 2.00 bits per heavy atom. The molecule has 0 saturated carbocycles. The monoisotopic (exact) mass is 273 g/mol. The first-order chi connectivity index (χ1) is 9.56. The summed E-state index contributed by atoms with van der Waals surface area (Å²) in [6.07, 6.45) is 3.23. The maximum Gasteiger partial charge on any atom is 0.0454 e. The molecular formula is C17H27N3. The van der Waals surface area contributed by atoms with Gasteiger partial charge in [-0.3, -0.25) is 0 Å². The van der Waals surface area contributed by atoms with Gasteiger partial charge < -0.3 is 15.2 Å². The van der Waals surface area contributed by atoms with Gasteiger partial charge in [0, 0.05) is 30.8 Å². The summed E-state index contributed by atoms with van der Waals surface area (Å²) in [5.74, 6) is 0.736. The van der Waals surface area contributed by atoms with Crippen molar-refractivity contribution in [3.63, 3.8) is 0 Å². The standard InChI is InChI=1S/C17H27N3/c1-13(2)9-16(20(3)4)12-18-11-14-5-6-17-15(10-14)7-8-19-17/h5-8,10,13,16,18-19H,9,11-12H2,1-4H3. The second kappa shape index (κ2) is 6.91. The third-order valence-corrected chi connectivity index (χ3v) is 3.80. The smallest absolute Gasteiger partial charge is 0.0454 e. The molecule has 3 heteroatoms.